The Kier molecular flexibility index (Phi) is 6.31. The van der Waals surface area contributed by atoms with Gasteiger partial charge in [0.25, 0.3) is 5.91 Å². The van der Waals surface area contributed by atoms with Crippen molar-refractivity contribution in [2.75, 3.05) is 6.61 Å². The minimum Gasteiger partial charge on any atom is -0.394 e. The molecule has 0 bridgehead atoms. The van der Waals surface area contributed by atoms with Gasteiger partial charge < -0.3 is 41.6 Å². The van der Waals surface area contributed by atoms with Crippen molar-refractivity contribution in [1.82, 2.24) is 5.01 Å². The van der Waals surface area contributed by atoms with Crippen molar-refractivity contribution in [1.29, 1.82) is 0 Å². The number of urea groups is 1. The number of primary amides is 1. The van der Waals surface area contributed by atoms with Crippen molar-refractivity contribution < 1.29 is 34.6 Å². The van der Waals surface area contributed by atoms with Gasteiger partial charge in [-0.15, -0.1) is 0 Å². The monoisotopic (exact) mass is 363 g/mol. The average molecular weight is 363 g/mol. The minimum atomic E-state index is -1.74. The van der Waals surface area contributed by atoms with Gasteiger partial charge in [0.1, 0.15) is 18.3 Å². The molecule has 1 rings (SSSR count). The molecule has 1 saturated heterocycles. The van der Waals surface area contributed by atoms with Crippen molar-refractivity contribution in [2.45, 2.75) is 24.5 Å². The SMILES string of the molecule is NC(=O)N=C(C(=O)N(N)C1OC(CO)C(O)C1O)C(N)=C(N)[N+](=O)[O-]. The summed E-state index contributed by atoms with van der Waals surface area (Å²) in [6.07, 6.45) is -6.25. The van der Waals surface area contributed by atoms with Crippen molar-refractivity contribution in [3.63, 3.8) is 0 Å². The van der Waals surface area contributed by atoms with Crippen LogP contribution in [0.15, 0.2) is 16.5 Å². The second-order valence-corrected chi connectivity index (χ2v) is 4.80. The molecule has 0 aromatic carbocycles. The molecule has 140 valence electrons. The van der Waals surface area contributed by atoms with E-state index in [0.29, 0.717) is 0 Å². The summed E-state index contributed by atoms with van der Waals surface area (Å²) >= 11 is 0. The Morgan fingerprint density at radius 2 is 1.80 bits per heavy atom. The first kappa shape index (κ1) is 20.2. The number of nitro groups is 1. The molecule has 11 N–H and O–H groups in total. The van der Waals surface area contributed by atoms with Gasteiger partial charge in [-0.05, 0) is 4.92 Å². The van der Waals surface area contributed by atoms with Crippen LogP contribution < -0.4 is 23.0 Å². The lowest BCUT2D eigenvalue weighted by Crippen LogP contribution is -2.54. The zero-order valence-corrected chi connectivity index (χ0v) is 12.6. The number of ether oxygens (including phenoxy) is 1. The second kappa shape index (κ2) is 7.81. The molecule has 0 saturated carbocycles. The number of aliphatic hydroxyl groups excluding tert-OH is 3. The summed E-state index contributed by atoms with van der Waals surface area (Å²) in [5.41, 5.74) is 13.2. The molecule has 15 nitrogen and oxygen atoms in total. The highest BCUT2D eigenvalue weighted by Crippen LogP contribution is 2.22. The van der Waals surface area contributed by atoms with Gasteiger partial charge in [-0.3, -0.25) is 10.5 Å². The van der Waals surface area contributed by atoms with Crippen LogP contribution in [0.25, 0.3) is 0 Å². The zero-order valence-electron chi connectivity index (χ0n) is 12.6. The van der Waals surface area contributed by atoms with Crippen LogP contribution in [0.2, 0.25) is 0 Å². The average Bonchev–Trinajstić information content (AvgIpc) is 2.84. The van der Waals surface area contributed by atoms with Crippen LogP contribution in [0, 0.1) is 10.1 Å². The Bertz CT molecular complexity index is 635. The van der Waals surface area contributed by atoms with E-state index in [0.717, 1.165) is 0 Å². The fraction of sp³-hybridized carbons (Fsp3) is 0.500. The van der Waals surface area contributed by atoms with E-state index in [9.17, 15) is 29.9 Å². The molecule has 0 spiro atoms. The Hall–Kier alpha value is -2.85. The predicted molar refractivity (Wildman–Crippen MR) is 78.2 cm³/mol. The molecule has 3 amide bonds. The summed E-state index contributed by atoms with van der Waals surface area (Å²) in [6.45, 7) is -0.699. The van der Waals surface area contributed by atoms with E-state index < -0.39 is 65.2 Å². The smallest absolute Gasteiger partial charge is 0.339 e. The van der Waals surface area contributed by atoms with Crippen LogP contribution in [0.5, 0.6) is 0 Å². The van der Waals surface area contributed by atoms with Crippen LogP contribution >= 0.6 is 0 Å². The molecule has 1 heterocycles. The summed E-state index contributed by atoms with van der Waals surface area (Å²) in [7, 11) is 0. The lowest BCUT2D eigenvalue weighted by atomic mass is 10.1. The predicted octanol–water partition coefficient (Wildman–Crippen LogP) is -4.99. The molecule has 0 aromatic heterocycles. The maximum absolute atomic E-state index is 12.3. The van der Waals surface area contributed by atoms with Crippen LogP contribution in [0.4, 0.5) is 4.79 Å². The van der Waals surface area contributed by atoms with Gasteiger partial charge in [-0.1, -0.05) is 0 Å². The third-order valence-electron chi connectivity index (χ3n) is 3.18. The molecule has 1 aliphatic heterocycles. The first-order valence-corrected chi connectivity index (χ1v) is 6.51. The van der Waals surface area contributed by atoms with E-state index in [1.165, 1.54) is 0 Å². The van der Waals surface area contributed by atoms with E-state index in [1.807, 2.05) is 0 Å². The van der Waals surface area contributed by atoms with Gasteiger partial charge in [-0.25, -0.2) is 15.6 Å². The number of carbonyl (C=O) groups is 2. The molecule has 0 aliphatic carbocycles. The van der Waals surface area contributed by atoms with Crippen molar-refractivity contribution in [3.8, 4) is 0 Å². The van der Waals surface area contributed by atoms with Crippen LogP contribution in [-0.4, -0.2) is 74.0 Å². The van der Waals surface area contributed by atoms with E-state index >= 15 is 0 Å². The lowest BCUT2D eigenvalue weighted by Gasteiger charge is -2.26. The maximum Gasteiger partial charge on any atom is 0.339 e. The minimum absolute atomic E-state index is 0.172. The normalized spacial score (nSPS) is 27.6. The molecule has 15 heteroatoms. The molecule has 1 fully saturated rings. The van der Waals surface area contributed by atoms with Gasteiger partial charge in [0, 0.05) is 0 Å². The van der Waals surface area contributed by atoms with Crippen molar-refractivity contribution >= 4 is 17.6 Å². The van der Waals surface area contributed by atoms with E-state index in [-0.39, 0.29) is 5.01 Å². The van der Waals surface area contributed by atoms with E-state index in [2.05, 4.69) is 4.99 Å². The van der Waals surface area contributed by atoms with Gasteiger partial charge >= 0.3 is 11.9 Å². The van der Waals surface area contributed by atoms with Crippen molar-refractivity contribution in [3.05, 3.63) is 21.6 Å². The highest BCUT2D eigenvalue weighted by atomic mass is 16.6. The third kappa shape index (κ3) is 4.17. The van der Waals surface area contributed by atoms with Crippen LogP contribution in [-0.2, 0) is 9.53 Å². The highest BCUT2D eigenvalue weighted by Gasteiger charge is 2.47. The van der Waals surface area contributed by atoms with Gasteiger partial charge in [0.2, 0.25) is 0 Å². The first-order valence-electron chi connectivity index (χ1n) is 6.51. The Morgan fingerprint density at radius 1 is 1.24 bits per heavy atom. The van der Waals surface area contributed by atoms with Gasteiger partial charge in [0.15, 0.2) is 17.6 Å². The fourth-order valence-corrected chi connectivity index (χ4v) is 1.90. The Balaban J connectivity index is 3.21. The first-order chi connectivity index (χ1) is 11.5. The van der Waals surface area contributed by atoms with Crippen LogP contribution in [0.3, 0.4) is 0 Å². The molecular formula is C10H17N7O8. The van der Waals surface area contributed by atoms with Crippen molar-refractivity contribution in [2.24, 2.45) is 28.0 Å². The highest BCUT2D eigenvalue weighted by molar-refractivity contribution is 6.46. The van der Waals surface area contributed by atoms with E-state index in [1.54, 1.807) is 0 Å². The standard InChI is InChI=1S/C10H17N7O8/c11-3(7(12)17(23)24)4(15-10(13)22)8(21)16(14)9-6(20)5(19)2(1-18)25-9/h2,5-6,9,18-20H,1,11-12,14H2,(H2,13,22). The lowest BCUT2D eigenvalue weighted by molar-refractivity contribution is -0.427. The Labute approximate surface area is 139 Å². The molecule has 1 aliphatic rings. The van der Waals surface area contributed by atoms with E-state index in [4.69, 9.17) is 32.9 Å². The summed E-state index contributed by atoms with van der Waals surface area (Å²) in [5.74, 6) is 2.84. The molecular weight excluding hydrogens is 346 g/mol. The van der Waals surface area contributed by atoms with Gasteiger partial charge in [-0.2, -0.15) is 4.99 Å². The summed E-state index contributed by atoms with van der Waals surface area (Å²) in [6, 6.07) is -1.43. The number of aliphatic hydroxyl groups is 3. The zero-order chi connectivity index (χ0) is 19.5. The Morgan fingerprint density at radius 3 is 2.20 bits per heavy atom. The number of aliphatic imine (C=N–C) groups is 1. The summed E-state index contributed by atoms with van der Waals surface area (Å²) in [4.78, 5) is 35.8. The topological polar surface area (TPSA) is 267 Å². The third-order valence-corrected chi connectivity index (χ3v) is 3.18. The molecule has 25 heavy (non-hydrogen) atoms. The summed E-state index contributed by atoms with van der Waals surface area (Å²) in [5, 5.41) is 39.3. The maximum atomic E-state index is 12.3. The number of nitrogens with two attached hydrogens (primary N) is 4. The number of carbonyl (C=O) groups excluding carboxylic acids is 2. The molecule has 0 radical (unpaired) electrons. The number of hydrogen-bond acceptors (Lipinski definition) is 11. The molecule has 4 unspecified atom stereocenters. The number of amides is 3. The largest absolute Gasteiger partial charge is 0.394 e. The molecule has 4 atom stereocenters. The number of hydrazine groups is 1. The van der Waals surface area contributed by atoms with Crippen LogP contribution in [0.1, 0.15) is 0 Å². The number of hydrogen-bond donors (Lipinski definition) is 7. The summed E-state index contributed by atoms with van der Waals surface area (Å²) < 4.78 is 5.00. The molecule has 0 aromatic rings. The fourth-order valence-electron chi connectivity index (χ4n) is 1.90. The number of nitrogens with zero attached hydrogens (tertiary/aromatic N) is 3. The number of rotatable bonds is 5. The van der Waals surface area contributed by atoms with Gasteiger partial charge in [0.05, 0.1) is 6.61 Å². The quantitative estimate of drug-likeness (QED) is 0.0798. The second-order valence-electron chi connectivity index (χ2n) is 4.80.